The number of ether oxygens (including phenoxy) is 15. The fourth-order valence-electron chi connectivity index (χ4n) is 6.56. The summed E-state index contributed by atoms with van der Waals surface area (Å²) in [6.45, 7) is 28.7. The molecular weight excluding hydrogens is 1110 g/mol. The zero-order valence-electron chi connectivity index (χ0n) is 54.7. The van der Waals surface area contributed by atoms with Crippen LogP contribution >= 0.6 is 0 Å². The molecule has 0 aliphatic heterocycles. The van der Waals surface area contributed by atoms with Crippen LogP contribution in [0, 0.1) is 27.1 Å². The second-order valence-electron chi connectivity index (χ2n) is 20.2. The van der Waals surface area contributed by atoms with Gasteiger partial charge in [-0.25, -0.2) is 0 Å². The molecule has 494 valence electrons. The number of carbonyl (C=O) groups is 10. The molecule has 0 rings (SSSR count). The van der Waals surface area contributed by atoms with Crippen molar-refractivity contribution in [2.75, 3.05) is 135 Å². The lowest BCUT2D eigenvalue weighted by atomic mass is 9.88. The van der Waals surface area contributed by atoms with Crippen molar-refractivity contribution < 1.29 is 119 Å². The van der Waals surface area contributed by atoms with Crippen LogP contribution in [0.25, 0.3) is 0 Å². The summed E-state index contributed by atoms with van der Waals surface area (Å²) in [6.07, 6.45) is 4.83. The van der Waals surface area contributed by atoms with Crippen LogP contribution in [-0.2, 0) is 119 Å². The number of hydrogen-bond acceptors (Lipinski definition) is 25. The number of hydrogen-bond donors (Lipinski definition) is 0. The van der Waals surface area contributed by atoms with Gasteiger partial charge < -0.3 is 71.1 Å². The van der Waals surface area contributed by atoms with Gasteiger partial charge in [0, 0.05) is 103 Å². The second-order valence-corrected chi connectivity index (χ2v) is 20.2. The molecule has 0 N–H and O–H groups in total. The largest absolute Gasteiger partial charge is 0.465 e. The average Bonchev–Trinajstić information content (AvgIpc) is 3.53. The van der Waals surface area contributed by atoms with E-state index in [9.17, 15) is 47.9 Å². The molecule has 25 heteroatoms. The van der Waals surface area contributed by atoms with Gasteiger partial charge in [-0.05, 0) is 32.1 Å². The van der Waals surface area contributed by atoms with E-state index >= 15 is 0 Å². The smallest absolute Gasteiger partial charge is 0.305 e. The summed E-state index contributed by atoms with van der Waals surface area (Å²) in [6, 6.07) is 0. The fourth-order valence-corrected chi connectivity index (χ4v) is 6.56. The van der Waals surface area contributed by atoms with Crippen molar-refractivity contribution in [3.63, 3.8) is 0 Å². The Labute approximate surface area is 500 Å². The van der Waals surface area contributed by atoms with Crippen molar-refractivity contribution in [1.82, 2.24) is 0 Å². The third-order valence-corrected chi connectivity index (χ3v) is 12.8. The maximum atomic E-state index is 11.2. The number of esters is 10. The molecule has 0 aromatic heterocycles. The van der Waals surface area contributed by atoms with Gasteiger partial charge in [0.05, 0.1) is 60.1 Å². The van der Waals surface area contributed by atoms with Crippen molar-refractivity contribution in [2.45, 2.75) is 162 Å². The lowest BCUT2D eigenvalue weighted by Gasteiger charge is -2.30. The standard InChI is InChI=1S/2C13H24O5.3C11H20O5/c2*1-5-11(14)17-9-13(7-3,8-16-4)10-18-12(15)6-2;3*1-5-11(6-14-4,7-15-9(2)12)8-16-10(3)13/h2*5-10H2,1-4H3;3*5-8H2,1-4H3. The quantitative estimate of drug-likeness (QED) is 0.0429. The van der Waals surface area contributed by atoms with Crippen molar-refractivity contribution in [3.8, 4) is 0 Å². The van der Waals surface area contributed by atoms with E-state index in [0.717, 1.165) is 0 Å². The first-order chi connectivity index (χ1) is 39.4. The minimum Gasteiger partial charge on any atom is -0.465 e. The Hall–Kier alpha value is -5.50. The summed E-state index contributed by atoms with van der Waals surface area (Å²) in [5, 5.41) is 0. The van der Waals surface area contributed by atoms with E-state index in [2.05, 4.69) is 0 Å². The number of rotatable bonds is 39. The van der Waals surface area contributed by atoms with Gasteiger partial charge in [-0.1, -0.05) is 62.3 Å². The number of methoxy groups -OCH3 is 5. The second kappa shape index (κ2) is 51.9. The fraction of sp³-hybridized carbons (Fsp3) is 0.831. The summed E-state index contributed by atoms with van der Waals surface area (Å²) in [4.78, 5) is 109. The van der Waals surface area contributed by atoms with E-state index < -0.39 is 27.1 Å². The van der Waals surface area contributed by atoms with Crippen LogP contribution in [0.2, 0.25) is 0 Å². The molecule has 0 unspecified atom stereocenters. The van der Waals surface area contributed by atoms with Crippen LogP contribution in [-0.4, -0.2) is 194 Å². The van der Waals surface area contributed by atoms with Crippen LogP contribution in [0.5, 0.6) is 0 Å². The summed E-state index contributed by atoms with van der Waals surface area (Å²) < 4.78 is 76.0. The Balaban J connectivity index is -0.000000310. The Morgan fingerprint density at radius 3 is 0.417 bits per heavy atom. The van der Waals surface area contributed by atoms with Gasteiger partial charge >= 0.3 is 59.7 Å². The molecule has 0 saturated carbocycles. The Morgan fingerprint density at radius 1 is 0.214 bits per heavy atom. The van der Waals surface area contributed by atoms with Crippen LogP contribution in [0.4, 0.5) is 0 Å². The third-order valence-electron chi connectivity index (χ3n) is 12.8. The molecule has 0 saturated heterocycles. The van der Waals surface area contributed by atoms with E-state index in [0.29, 0.717) is 90.8 Å². The van der Waals surface area contributed by atoms with Crippen molar-refractivity contribution in [1.29, 1.82) is 0 Å². The Bertz CT molecular complexity index is 1570. The van der Waals surface area contributed by atoms with Crippen LogP contribution in [0.1, 0.15) is 162 Å². The summed E-state index contributed by atoms with van der Waals surface area (Å²) in [7, 11) is 7.84. The minimum absolute atomic E-state index is 0.194. The molecule has 0 aliphatic rings. The van der Waals surface area contributed by atoms with E-state index in [1.165, 1.54) is 41.5 Å². The Kier molecular flexibility index (Phi) is 53.9. The van der Waals surface area contributed by atoms with E-state index in [4.69, 9.17) is 71.1 Å². The van der Waals surface area contributed by atoms with Crippen LogP contribution < -0.4 is 0 Å². The van der Waals surface area contributed by atoms with Gasteiger partial charge in [-0.3, -0.25) is 47.9 Å². The van der Waals surface area contributed by atoms with Crippen molar-refractivity contribution >= 4 is 59.7 Å². The lowest BCUT2D eigenvalue weighted by Crippen LogP contribution is -2.38. The predicted octanol–water partition coefficient (Wildman–Crippen LogP) is 7.34. The SMILES string of the molecule is CCC(=O)OCC(CC)(COC)COC(=O)CC.CCC(=O)OCC(CC)(COC)COC(=O)CC.CCC(COC)(COC(C)=O)COC(C)=O.CCC(COC)(COC(C)=O)COC(C)=O.CCC(COC)(COC(C)=O)COC(C)=O. The first-order valence-corrected chi connectivity index (χ1v) is 28.3. The molecule has 0 aromatic carbocycles. The van der Waals surface area contributed by atoms with Gasteiger partial charge in [0.2, 0.25) is 0 Å². The summed E-state index contributed by atoms with van der Waals surface area (Å²) in [5.41, 5.74) is -2.26. The highest BCUT2D eigenvalue weighted by molar-refractivity contribution is 5.71. The van der Waals surface area contributed by atoms with Crippen molar-refractivity contribution in [3.05, 3.63) is 0 Å². The first kappa shape index (κ1) is 87.3. The molecule has 25 nitrogen and oxygen atoms in total. The first-order valence-electron chi connectivity index (χ1n) is 28.3. The highest BCUT2D eigenvalue weighted by atomic mass is 16.6. The maximum Gasteiger partial charge on any atom is 0.305 e. The highest BCUT2D eigenvalue weighted by Crippen LogP contribution is 2.28. The highest BCUT2D eigenvalue weighted by Gasteiger charge is 2.36. The topological polar surface area (TPSA) is 309 Å². The molecule has 0 atom stereocenters. The minimum atomic E-state index is -0.454. The monoisotopic (exact) mass is 1220 g/mol. The molecule has 0 radical (unpaired) electrons. The van der Waals surface area contributed by atoms with Crippen molar-refractivity contribution in [2.24, 2.45) is 27.1 Å². The third kappa shape index (κ3) is 45.9. The maximum absolute atomic E-state index is 11.2. The lowest BCUT2D eigenvalue weighted by molar-refractivity contribution is -0.158. The van der Waals surface area contributed by atoms with Gasteiger partial charge in [-0.15, -0.1) is 0 Å². The average molecular weight is 1220 g/mol. The molecule has 0 bridgehead atoms. The zero-order chi connectivity index (χ0) is 65.9. The molecule has 0 spiro atoms. The summed E-state index contributed by atoms with van der Waals surface area (Å²) in [5.74, 6) is -3.14. The normalized spacial score (nSPS) is 11.0. The van der Waals surface area contributed by atoms with Crippen LogP contribution in [0.3, 0.4) is 0 Å². The van der Waals surface area contributed by atoms with Gasteiger partial charge in [0.25, 0.3) is 0 Å². The molecule has 0 aliphatic carbocycles. The summed E-state index contributed by atoms with van der Waals surface area (Å²) >= 11 is 0. The Morgan fingerprint density at radius 2 is 0.333 bits per heavy atom. The van der Waals surface area contributed by atoms with E-state index in [1.54, 1.807) is 63.2 Å². The van der Waals surface area contributed by atoms with Gasteiger partial charge in [-0.2, -0.15) is 0 Å². The molecule has 0 fully saturated rings. The molecule has 0 aromatic rings. The predicted molar refractivity (Wildman–Crippen MR) is 308 cm³/mol. The molecule has 84 heavy (non-hydrogen) atoms. The van der Waals surface area contributed by atoms with Gasteiger partial charge in [0.15, 0.2) is 0 Å². The van der Waals surface area contributed by atoms with Crippen LogP contribution in [0.15, 0.2) is 0 Å². The van der Waals surface area contributed by atoms with Gasteiger partial charge in [0.1, 0.15) is 66.1 Å². The zero-order valence-corrected chi connectivity index (χ0v) is 54.7. The van der Waals surface area contributed by atoms with E-state index in [1.807, 2.05) is 34.6 Å². The number of carbonyl (C=O) groups excluding carboxylic acids is 10. The molecule has 0 heterocycles. The van der Waals surface area contributed by atoms with E-state index in [-0.39, 0.29) is 126 Å². The molecule has 0 amide bonds. The molecular formula is C59H108O25.